The molecule has 3 rings (SSSR count). The Bertz CT molecular complexity index is 721. The fourth-order valence-electron chi connectivity index (χ4n) is 2.67. The van der Waals surface area contributed by atoms with E-state index in [1.165, 1.54) is 11.1 Å². The van der Waals surface area contributed by atoms with E-state index in [0.717, 1.165) is 29.4 Å². The Labute approximate surface area is 171 Å². The van der Waals surface area contributed by atoms with Crippen LogP contribution < -0.4 is 16.0 Å². The average molecular weight is 408 g/mol. The van der Waals surface area contributed by atoms with Crippen molar-refractivity contribution in [2.24, 2.45) is 0 Å². The van der Waals surface area contributed by atoms with Crippen LogP contribution in [0.1, 0.15) is 11.1 Å². The van der Waals surface area contributed by atoms with E-state index < -0.39 is 0 Å². The van der Waals surface area contributed by atoms with Gasteiger partial charge in [0.15, 0.2) is 0 Å². The molecule has 2 aromatic rings. The van der Waals surface area contributed by atoms with Crippen LogP contribution in [-0.4, -0.2) is 38.4 Å². The van der Waals surface area contributed by atoms with Gasteiger partial charge in [-0.15, -0.1) is 24.2 Å². The van der Waals surface area contributed by atoms with E-state index in [2.05, 4.69) is 47.1 Å². The minimum Gasteiger partial charge on any atom is -0.374 e. The largest absolute Gasteiger partial charge is 0.374 e. The van der Waals surface area contributed by atoms with Gasteiger partial charge in [0.05, 0.1) is 18.4 Å². The van der Waals surface area contributed by atoms with Crippen molar-refractivity contribution in [3.63, 3.8) is 0 Å². The molecule has 0 aliphatic carbocycles. The number of ether oxygens (including phenoxy) is 1. The summed E-state index contributed by atoms with van der Waals surface area (Å²) in [6.45, 7) is 4.91. The highest BCUT2D eigenvalue weighted by atomic mass is 35.5. The predicted octanol–water partition coefficient (Wildman–Crippen LogP) is 3.82. The van der Waals surface area contributed by atoms with Crippen molar-refractivity contribution < 1.29 is 9.53 Å². The number of halogens is 1. The van der Waals surface area contributed by atoms with Gasteiger partial charge in [0.2, 0.25) is 0 Å². The van der Waals surface area contributed by atoms with E-state index >= 15 is 0 Å². The summed E-state index contributed by atoms with van der Waals surface area (Å²) >= 11 is 1.72. The number of hydrogen-bond acceptors (Lipinski definition) is 4. The number of amides is 2. The molecule has 1 fully saturated rings. The predicted molar refractivity (Wildman–Crippen MR) is 114 cm³/mol. The Hall–Kier alpha value is -1.73. The molecule has 1 saturated heterocycles. The van der Waals surface area contributed by atoms with Crippen LogP contribution in [0.15, 0.2) is 53.4 Å². The first kappa shape index (κ1) is 21.6. The lowest BCUT2D eigenvalue weighted by atomic mass is 10.2. The number of aryl methyl sites for hydroxylation is 1. The van der Waals surface area contributed by atoms with Crippen LogP contribution in [0.4, 0.5) is 10.5 Å². The molecule has 1 atom stereocenters. The first-order chi connectivity index (χ1) is 12.7. The van der Waals surface area contributed by atoms with Gasteiger partial charge < -0.3 is 20.7 Å². The zero-order valence-electron chi connectivity index (χ0n) is 15.4. The summed E-state index contributed by atoms with van der Waals surface area (Å²) in [4.78, 5) is 13.3. The molecule has 3 N–H and O–H groups in total. The second-order valence-electron chi connectivity index (χ2n) is 6.30. The monoisotopic (exact) mass is 407 g/mol. The van der Waals surface area contributed by atoms with Crippen LogP contribution in [0.25, 0.3) is 0 Å². The number of nitrogens with one attached hydrogen (secondary N) is 3. The summed E-state index contributed by atoms with van der Waals surface area (Å²) in [5, 5.41) is 9.09. The molecule has 5 nitrogen and oxygen atoms in total. The van der Waals surface area contributed by atoms with Crippen molar-refractivity contribution in [1.29, 1.82) is 0 Å². The van der Waals surface area contributed by atoms with Gasteiger partial charge in [0.1, 0.15) is 0 Å². The van der Waals surface area contributed by atoms with Crippen molar-refractivity contribution in [3.05, 3.63) is 59.7 Å². The number of morpholine rings is 1. The smallest absolute Gasteiger partial charge is 0.319 e. The van der Waals surface area contributed by atoms with Gasteiger partial charge in [-0.1, -0.05) is 42.0 Å². The van der Waals surface area contributed by atoms with Gasteiger partial charge in [-0.05, 0) is 24.6 Å². The van der Waals surface area contributed by atoms with Gasteiger partial charge in [0.25, 0.3) is 0 Å². The van der Waals surface area contributed by atoms with Crippen LogP contribution in [0.2, 0.25) is 0 Å². The van der Waals surface area contributed by atoms with Gasteiger partial charge in [-0.2, -0.15) is 0 Å². The Morgan fingerprint density at radius 2 is 2.00 bits per heavy atom. The second-order valence-corrected chi connectivity index (χ2v) is 7.32. The van der Waals surface area contributed by atoms with Crippen LogP contribution in [0.3, 0.4) is 0 Å². The molecule has 0 spiro atoms. The summed E-state index contributed by atoms with van der Waals surface area (Å²) in [5.74, 6) is 0.863. The third kappa shape index (κ3) is 7.07. The third-order valence-electron chi connectivity index (χ3n) is 4.14. The van der Waals surface area contributed by atoms with Gasteiger partial charge >= 0.3 is 6.03 Å². The molecular weight excluding hydrogens is 382 g/mol. The van der Waals surface area contributed by atoms with Crippen molar-refractivity contribution in [1.82, 2.24) is 10.6 Å². The fraction of sp³-hybridized carbons (Fsp3) is 0.350. The standard InChI is InChI=1S/C20H25N3O2S.ClH/c1-15-6-8-16(9-7-15)14-26-19-5-3-2-4-18(19)23-20(24)22-13-17-12-21-10-11-25-17;/h2-9,17,21H,10-14H2,1H3,(H2,22,23,24);1H. The number of urea groups is 1. The molecule has 2 aromatic carbocycles. The fourth-order valence-corrected chi connectivity index (χ4v) is 3.63. The molecule has 1 aliphatic rings. The number of rotatable bonds is 6. The molecule has 0 radical (unpaired) electrons. The van der Waals surface area contributed by atoms with Crippen molar-refractivity contribution >= 4 is 35.9 Å². The minimum absolute atomic E-state index is 0. The maximum atomic E-state index is 12.2. The lowest BCUT2D eigenvalue weighted by Gasteiger charge is -2.23. The molecule has 27 heavy (non-hydrogen) atoms. The number of benzene rings is 2. The molecular formula is C20H26ClN3O2S. The summed E-state index contributed by atoms with van der Waals surface area (Å²) < 4.78 is 5.59. The molecule has 146 valence electrons. The van der Waals surface area contributed by atoms with Crippen LogP contribution in [0.5, 0.6) is 0 Å². The molecule has 0 bridgehead atoms. The van der Waals surface area contributed by atoms with Crippen molar-refractivity contribution in [2.45, 2.75) is 23.7 Å². The molecule has 1 unspecified atom stereocenters. The Morgan fingerprint density at radius 3 is 2.74 bits per heavy atom. The lowest BCUT2D eigenvalue weighted by Crippen LogP contribution is -2.46. The van der Waals surface area contributed by atoms with Gasteiger partial charge in [0, 0.05) is 30.3 Å². The maximum Gasteiger partial charge on any atom is 0.319 e. The van der Waals surface area contributed by atoms with E-state index in [1.807, 2.05) is 24.3 Å². The maximum absolute atomic E-state index is 12.2. The summed E-state index contributed by atoms with van der Waals surface area (Å²) in [7, 11) is 0. The van der Waals surface area contributed by atoms with E-state index in [9.17, 15) is 4.79 Å². The lowest BCUT2D eigenvalue weighted by molar-refractivity contribution is 0.0310. The second kappa shape index (κ2) is 11.2. The SMILES string of the molecule is Cc1ccc(CSc2ccccc2NC(=O)NCC2CNCCO2)cc1.Cl. The number of anilines is 1. The number of carbonyl (C=O) groups excluding carboxylic acids is 1. The first-order valence-electron chi connectivity index (χ1n) is 8.85. The van der Waals surface area contributed by atoms with Crippen LogP contribution in [-0.2, 0) is 10.5 Å². The number of carbonyl (C=O) groups is 1. The molecule has 0 aromatic heterocycles. The van der Waals surface area contributed by atoms with Crippen LogP contribution >= 0.6 is 24.2 Å². The highest BCUT2D eigenvalue weighted by molar-refractivity contribution is 7.98. The molecule has 7 heteroatoms. The highest BCUT2D eigenvalue weighted by Crippen LogP contribution is 2.29. The Morgan fingerprint density at radius 1 is 1.22 bits per heavy atom. The van der Waals surface area contributed by atoms with E-state index in [0.29, 0.717) is 13.2 Å². The highest BCUT2D eigenvalue weighted by Gasteiger charge is 2.14. The molecule has 1 heterocycles. The number of para-hydroxylation sites is 1. The van der Waals surface area contributed by atoms with E-state index in [4.69, 9.17) is 4.74 Å². The molecule has 1 aliphatic heterocycles. The zero-order valence-corrected chi connectivity index (χ0v) is 17.0. The molecule has 2 amide bonds. The number of hydrogen-bond donors (Lipinski definition) is 3. The quantitative estimate of drug-likeness (QED) is 0.637. The average Bonchev–Trinajstić information content (AvgIpc) is 2.68. The van der Waals surface area contributed by atoms with E-state index in [-0.39, 0.29) is 24.5 Å². The molecule has 0 saturated carbocycles. The Balaban J connectivity index is 0.00000261. The topological polar surface area (TPSA) is 62.4 Å². The van der Waals surface area contributed by atoms with Crippen LogP contribution in [0, 0.1) is 6.92 Å². The summed E-state index contributed by atoms with van der Waals surface area (Å²) in [6.07, 6.45) is 0.0284. The van der Waals surface area contributed by atoms with Gasteiger partial charge in [-0.3, -0.25) is 0 Å². The minimum atomic E-state index is -0.206. The summed E-state index contributed by atoms with van der Waals surface area (Å²) in [5.41, 5.74) is 3.35. The first-order valence-corrected chi connectivity index (χ1v) is 9.84. The van der Waals surface area contributed by atoms with Gasteiger partial charge in [-0.25, -0.2) is 4.79 Å². The summed E-state index contributed by atoms with van der Waals surface area (Å²) in [6, 6.07) is 16.2. The normalized spacial score (nSPS) is 16.3. The third-order valence-corrected chi connectivity index (χ3v) is 5.29. The zero-order chi connectivity index (χ0) is 18.2. The Kier molecular flexibility index (Phi) is 8.94. The van der Waals surface area contributed by atoms with Crippen molar-refractivity contribution in [3.8, 4) is 0 Å². The number of thioether (sulfide) groups is 1. The van der Waals surface area contributed by atoms with Crippen molar-refractivity contribution in [2.75, 3.05) is 31.6 Å². The van der Waals surface area contributed by atoms with E-state index in [1.54, 1.807) is 11.8 Å².